The number of aromatic nitrogens is 2. The largest absolute Gasteiger partial charge is 0.497 e. The number of nitrogens with zero attached hydrogens (tertiary/aromatic N) is 3. The van der Waals surface area contributed by atoms with Crippen molar-refractivity contribution >= 4 is 11.9 Å². The number of hydrogen-bond acceptors (Lipinski definition) is 5. The van der Waals surface area contributed by atoms with E-state index in [1.807, 2.05) is 62.4 Å². The molecule has 0 saturated heterocycles. The SMILES string of the molecule is CCN(C)C(=O)c1cnc(NCCc2ccc(OC)cc2)nc1-c1cccc(C)c1. The zero-order chi connectivity index (χ0) is 21.5. The van der Waals surface area contributed by atoms with Crippen molar-refractivity contribution in [1.82, 2.24) is 14.9 Å². The highest BCUT2D eigenvalue weighted by atomic mass is 16.5. The number of nitrogens with one attached hydrogen (secondary N) is 1. The van der Waals surface area contributed by atoms with Gasteiger partial charge in [0, 0.05) is 31.9 Å². The molecule has 156 valence electrons. The summed E-state index contributed by atoms with van der Waals surface area (Å²) in [7, 11) is 3.44. The maximum Gasteiger partial charge on any atom is 0.257 e. The summed E-state index contributed by atoms with van der Waals surface area (Å²) in [6.45, 7) is 5.27. The third-order valence-corrected chi connectivity index (χ3v) is 4.99. The molecule has 30 heavy (non-hydrogen) atoms. The fourth-order valence-electron chi connectivity index (χ4n) is 3.10. The van der Waals surface area contributed by atoms with Gasteiger partial charge in [0.2, 0.25) is 5.95 Å². The van der Waals surface area contributed by atoms with Gasteiger partial charge in [0.05, 0.1) is 18.4 Å². The second-order valence-corrected chi connectivity index (χ2v) is 7.17. The molecule has 1 N–H and O–H groups in total. The minimum absolute atomic E-state index is 0.0845. The number of hydrogen-bond donors (Lipinski definition) is 1. The highest BCUT2D eigenvalue weighted by molar-refractivity contribution is 5.99. The highest BCUT2D eigenvalue weighted by Crippen LogP contribution is 2.24. The van der Waals surface area contributed by atoms with Gasteiger partial charge in [-0.15, -0.1) is 0 Å². The summed E-state index contributed by atoms with van der Waals surface area (Å²) in [5, 5.41) is 3.28. The zero-order valence-corrected chi connectivity index (χ0v) is 18.0. The Labute approximate surface area is 177 Å². The maximum absolute atomic E-state index is 12.8. The van der Waals surface area contributed by atoms with Gasteiger partial charge in [-0.3, -0.25) is 4.79 Å². The minimum Gasteiger partial charge on any atom is -0.497 e. The molecule has 3 aromatic rings. The Kier molecular flexibility index (Phi) is 7.01. The van der Waals surface area contributed by atoms with Gasteiger partial charge in [-0.05, 0) is 44.0 Å². The molecule has 1 heterocycles. The summed E-state index contributed by atoms with van der Waals surface area (Å²) < 4.78 is 5.20. The van der Waals surface area contributed by atoms with Crippen LogP contribution in [0.25, 0.3) is 11.3 Å². The van der Waals surface area contributed by atoms with E-state index in [2.05, 4.69) is 10.3 Å². The van der Waals surface area contributed by atoms with Crippen molar-refractivity contribution in [1.29, 1.82) is 0 Å². The average molecular weight is 405 g/mol. The lowest BCUT2D eigenvalue weighted by molar-refractivity contribution is 0.0802. The van der Waals surface area contributed by atoms with Crippen LogP contribution in [0.1, 0.15) is 28.4 Å². The van der Waals surface area contributed by atoms with Gasteiger partial charge in [-0.1, -0.05) is 35.9 Å². The first kappa shape index (κ1) is 21.3. The van der Waals surface area contributed by atoms with Gasteiger partial charge in [0.1, 0.15) is 5.75 Å². The molecule has 1 amide bonds. The molecule has 6 heteroatoms. The van der Waals surface area contributed by atoms with Crippen molar-refractivity contribution in [2.45, 2.75) is 20.3 Å². The molecule has 0 bridgehead atoms. The second-order valence-electron chi connectivity index (χ2n) is 7.17. The number of aryl methyl sites for hydroxylation is 1. The van der Waals surface area contributed by atoms with Crippen LogP contribution in [0.2, 0.25) is 0 Å². The molecule has 0 unspecified atom stereocenters. The molecule has 0 spiro atoms. The van der Waals surface area contributed by atoms with Gasteiger partial charge >= 0.3 is 0 Å². The Hall–Kier alpha value is -3.41. The molecule has 0 aliphatic rings. The second kappa shape index (κ2) is 9.87. The van der Waals surface area contributed by atoms with Crippen molar-refractivity contribution in [3.63, 3.8) is 0 Å². The van der Waals surface area contributed by atoms with E-state index in [1.54, 1.807) is 25.3 Å². The van der Waals surface area contributed by atoms with Crippen LogP contribution in [0.15, 0.2) is 54.7 Å². The number of ether oxygens (including phenoxy) is 1. The predicted molar refractivity (Wildman–Crippen MR) is 120 cm³/mol. The maximum atomic E-state index is 12.8. The standard InChI is InChI=1S/C24H28N4O2/c1-5-28(3)23(29)21-16-26-24(27-22(21)19-8-6-7-17(2)15-19)25-14-13-18-9-11-20(30-4)12-10-18/h6-12,15-16H,5,13-14H2,1-4H3,(H,25,26,27). The third-order valence-electron chi connectivity index (χ3n) is 4.99. The van der Waals surface area contributed by atoms with Crippen molar-refractivity contribution in [2.24, 2.45) is 0 Å². The van der Waals surface area contributed by atoms with E-state index in [-0.39, 0.29) is 5.91 Å². The number of rotatable bonds is 8. The lowest BCUT2D eigenvalue weighted by Gasteiger charge is -2.17. The lowest BCUT2D eigenvalue weighted by Crippen LogP contribution is -2.27. The Morgan fingerprint density at radius 2 is 1.93 bits per heavy atom. The Bertz CT molecular complexity index is 1000. The number of benzene rings is 2. The first-order chi connectivity index (χ1) is 14.5. The number of amides is 1. The summed E-state index contributed by atoms with van der Waals surface area (Å²) in [6.07, 6.45) is 2.45. The van der Waals surface area contributed by atoms with Gasteiger partial charge in [-0.25, -0.2) is 9.97 Å². The summed E-state index contributed by atoms with van der Waals surface area (Å²) >= 11 is 0. The molecule has 0 saturated carbocycles. The lowest BCUT2D eigenvalue weighted by atomic mass is 10.0. The summed E-state index contributed by atoms with van der Waals surface area (Å²) in [5.41, 5.74) is 4.36. The average Bonchev–Trinajstić information content (AvgIpc) is 2.78. The quantitative estimate of drug-likeness (QED) is 0.609. The molecule has 0 fully saturated rings. The van der Waals surface area contributed by atoms with Crippen LogP contribution in [-0.2, 0) is 6.42 Å². The van der Waals surface area contributed by atoms with Crippen LogP contribution >= 0.6 is 0 Å². The van der Waals surface area contributed by atoms with Crippen LogP contribution in [0.5, 0.6) is 5.75 Å². The molecule has 0 atom stereocenters. The van der Waals surface area contributed by atoms with E-state index in [1.165, 1.54) is 5.56 Å². The monoisotopic (exact) mass is 404 g/mol. The van der Waals surface area contributed by atoms with Gasteiger partial charge in [0.25, 0.3) is 5.91 Å². The number of carbonyl (C=O) groups excluding carboxylic acids is 1. The molecule has 6 nitrogen and oxygen atoms in total. The number of methoxy groups -OCH3 is 1. The Balaban J connectivity index is 1.81. The molecule has 0 radical (unpaired) electrons. The molecular weight excluding hydrogens is 376 g/mol. The molecule has 1 aromatic heterocycles. The Morgan fingerprint density at radius 1 is 1.17 bits per heavy atom. The molecule has 0 aliphatic carbocycles. The normalized spacial score (nSPS) is 10.5. The highest BCUT2D eigenvalue weighted by Gasteiger charge is 2.19. The van der Waals surface area contributed by atoms with Crippen molar-refractivity contribution in [2.75, 3.05) is 32.6 Å². The number of anilines is 1. The van der Waals surface area contributed by atoms with Gasteiger partial charge in [-0.2, -0.15) is 0 Å². The predicted octanol–water partition coefficient (Wildman–Crippen LogP) is 4.21. The zero-order valence-electron chi connectivity index (χ0n) is 18.0. The van der Waals surface area contributed by atoms with Crippen LogP contribution in [0.3, 0.4) is 0 Å². The molecule has 0 aliphatic heterocycles. The van der Waals surface area contributed by atoms with E-state index >= 15 is 0 Å². The Morgan fingerprint density at radius 3 is 2.60 bits per heavy atom. The topological polar surface area (TPSA) is 67.4 Å². The first-order valence-corrected chi connectivity index (χ1v) is 10.1. The molecular formula is C24H28N4O2. The van der Waals surface area contributed by atoms with Gasteiger partial charge < -0.3 is 15.0 Å². The van der Waals surface area contributed by atoms with Crippen molar-refractivity contribution in [3.8, 4) is 17.0 Å². The smallest absolute Gasteiger partial charge is 0.257 e. The van der Waals surface area contributed by atoms with E-state index in [4.69, 9.17) is 9.72 Å². The van der Waals surface area contributed by atoms with E-state index < -0.39 is 0 Å². The van der Waals surface area contributed by atoms with Crippen molar-refractivity contribution in [3.05, 3.63) is 71.4 Å². The van der Waals surface area contributed by atoms with E-state index in [0.717, 1.165) is 23.3 Å². The fraction of sp³-hybridized carbons (Fsp3) is 0.292. The summed E-state index contributed by atoms with van der Waals surface area (Å²) in [5.74, 6) is 1.27. The first-order valence-electron chi connectivity index (χ1n) is 10.1. The van der Waals surface area contributed by atoms with E-state index in [9.17, 15) is 4.79 Å². The van der Waals surface area contributed by atoms with Crippen LogP contribution in [0.4, 0.5) is 5.95 Å². The molecule has 3 rings (SSSR count). The van der Waals surface area contributed by atoms with Crippen LogP contribution in [0, 0.1) is 6.92 Å². The van der Waals surface area contributed by atoms with Crippen LogP contribution < -0.4 is 10.1 Å². The van der Waals surface area contributed by atoms with E-state index in [0.29, 0.717) is 30.3 Å². The number of carbonyl (C=O) groups is 1. The van der Waals surface area contributed by atoms with Gasteiger partial charge in [0.15, 0.2) is 0 Å². The van der Waals surface area contributed by atoms with Crippen molar-refractivity contribution < 1.29 is 9.53 Å². The summed E-state index contributed by atoms with van der Waals surface area (Å²) in [4.78, 5) is 23.6. The summed E-state index contributed by atoms with van der Waals surface area (Å²) in [6, 6.07) is 16.0. The fourth-order valence-corrected chi connectivity index (χ4v) is 3.10. The molecule has 2 aromatic carbocycles. The minimum atomic E-state index is -0.0845. The third kappa shape index (κ3) is 5.14. The van der Waals surface area contributed by atoms with Crippen LogP contribution in [-0.4, -0.2) is 48.0 Å².